The summed E-state index contributed by atoms with van der Waals surface area (Å²) in [6.45, 7) is 5.49. The van der Waals surface area contributed by atoms with Crippen molar-refractivity contribution in [2.45, 2.75) is 57.7 Å². The van der Waals surface area contributed by atoms with E-state index in [1.165, 1.54) is 9.62 Å². The predicted molar refractivity (Wildman–Crippen MR) is 109 cm³/mol. The first-order valence-corrected chi connectivity index (χ1v) is 11.2. The van der Waals surface area contributed by atoms with Gasteiger partial charge in [0.05, 0.1) is 6.54 Å². The van der Waals surface area contributed by atoms with Gasteiger partial charge in [0.1, 0.15) is 11.2 Å². The largest absolute Gasteiger partial charge is 0.511 e. The van der Waals surface area contributed by atoms with Crippen LogP contribution < -0.4 is 4.72 Å². The number of sulfonamides is 1. The first-order chi connectivity index (χ1) is 14.3. The fourth-order valence-electron chi connectivity index (χ4n) is 2.79. The second kappa shape index (κ2) is 9.86. The van der Waals surface area contributed by atoms with E-state index >= 15 is 0 Å². The highest BCUT2D eigenvalue weighted by atomic mass is 32.2. The van der Waals surface area contributed by atoms with Crippen LogP contribution in [-0.4, -0.2) is 53.0 Å². The number of nitrogens with one attached hydrogen (secondary N) is 1. The first-order valence-electron chi connectivity index (χ1n) is 9.75. The monoisotopic (exact) mass is 464 g/mol. The average Bonchev–Trinajstić information content (AvgIpc) is 3.10. The Morgan fingerprint density at radius 3 is 2.55 bits per heavy atom. The summed E-state index contributed by atoms with van der Waals surface area (Å²) in [6, 6.07) is 5.53. The Morgan fingerprint density at radius 2 is 1.90 bits per heavy atom. The Balaban J connectivity index is 1.95. The molecular formula is C19H27F3N4O4S. The van der Waals surface area contributed by atoms with Crippen LogP contribution in [0.5, 0.6) is 0 Å². The molecule has 0 aliphatic rings. The molecule has 31 heavy (non-hydrogen) atoms. The minimum atomic E-state index is -5.33. The van der Waals surface area contributed by atoms with Gasteiger partial charge in [-0.25, -0.2) is 22.9 Å². The smallest absolute Gasteiger partial charge is 0.444 e. The van der Waals surface area contributed by atoms with Crippen LogP contribution in [0.3, 0.4) is 0 Å². The number of pyridine rings is 1. The molecule has 0 aliphatic heterocycles. The summed E-state index contributed by atoms with van der Waals surface area (Å²) < 4.78 is 67.8. The van der Waals surface area contributed by atoms with E-state index in [2.05, 4.69) is 4.98 Å². The highest BCUT2D eigenvalue weighted by Crippen LogP contribution is 2.21. The third-order valence-electron chi connectivity index (χ3n) is 4.22. The molecule has 0 unspecified atom stereocenters. The van der Waals surface area contributed by atoms with Crippen LogP contribution in [0.1, 0.15) is 45.7 Å². The van der Waals surface area contributed by atoms with Gasteiger partial charge in [-0.1, -0.05) is 12.5 Å². The Labute approximate surface area is 179 Å². The van der Waals surface area contributed by atoms with Crippen molar-refractivity contribution in [3.63, 3.8) is 0 Å². The SMILES string of the molecule is CC(C)(C)OC(=O)N(CCCCCNS(=O)(=O)C(F)(F)F)Cc1cccc2nccn12. The number of nitrogens with zero attached hydrogens (tertiary/aromatic N) is 3. The Morgan fingerprint density at radius 1 is 1.19 bits per heavy atom. The topological polar surface area (TPSA) is 93.0 Å². The number of rotatable bonds is 9. The number of carbonyl (C=O) groups is 1. The van der Waals surface area contributed by atoms with E-state index in [1.54, 1.807) is 33.2 Å². The van der Waals surface area contributed by atoms with Crippen LogP contribution in [0.25, 0.3) is 5.65 Å². The maximum absolute atomic E-state index is 12.7. The molecular weight excluding hydrogens is 437 g/mol. The van der Waals surface area contributed by atoms with E-state index in [4.69, 9.17) is 4.74 Å². The molecule has 1 amide bonds. The molecule has 12 heteroatoms. The third-order valence-corrected chi connectivity index (χ3v) is 5.41. The number of imidazole rings is 1. The van der Waals surface area contributed by atoms with E-state index in [9.17, 15) is 26.4 Å². The van der Waals surface area contributed by atoms with Gasteiger partial charge in [0.2, 0.25) is 0 Å². The molecule has 0 bridgehead atoms. The summed E-state index contributed by atoms with van der Waals surface area (Å²) in [4.78, 5) is 18.4. The molecule has 0 spiro atoms. The zero-order chi connectivity index (χ0) is 23.3. The van der Waals surface area contributed by atoms with Crippen LogP contribution in [0.2, 0.25) is 0 Å². The highest BCUT2D eigenvalue weighted by molar-refractivity contribution is 7.90. The zero-order valence-corrected chi connectivity index (χ0v) is 18.5. The number of ether oxygens (including phenoxy) is 1. The molecule has 2 aromatic rings. The lowest BCUT2D eigenvalue weighted by Gasteiger charge is -2.27. The van der Waals surface area contributed by atoms with E-state index in [0.29, 0.717) is 19.4 Å². The van der Waals surface area contributed by atoms with Crippen molar-refractivity contribution in [3.8, 4) is 0 Å². The lowest BCUT2D eigenvalue weighted by Crippen LogP contribution is -2.38. The van der Waals surface area contributed by atoms with Gasteiger partial charge in [-0.3, -0.25) is 0 Å². The molecule has 2 rings (SSSR count). The van der Waals surface area contributed by atoms with Gasteiger partial charge in [-0.05, 0) is 45.7 Å². The third kappa shape index (κ3) is 7.39. The highest BCUT2D eigenvalue weighted by Gasteiger charge is 2.45. The van der Waals surface area contributed by atoms with Crippen LogP contribution >= 0.6 is 0 Å². The summed E-state index contributed by atoms with van der Waals surface area (Å²) in [7, 11) is -5.33. The Bertz CT molecular complexity index is 984. The lowest BCUT2D eigenvalue weighted by molar-refractivity contribution is -0.0447. The molecule has 8 nitrogen and oxygen atoms in total. The molecule has 0 fully saturated rings. The van der Waals surface area contributed by atoms with Crippen molar-refractivity contribution < 1.29 is 31.1 Å². The van der Waals surface area contributed by atoms with Crippen molar-refractivity contribution in [2.75, 3.05) is 13.1 Å². The van der Waals surface area contributed by atoms with Crippen molar-refractivity contribution in [1.29, 1.82) is 0 Å². The van der Waals surface area contributed by atoms with Crippen LogP contribution in [0, 0.1) is 0 Å². The number of carbonyl (C=O) groups excluding carboxylic acids is 1. The van der Waals surface area contributed by atoms with Crippen molar-refractivity contribution >= 4 is 21.8 Å². The van der Waals surface area contributed by atoms with Crippen LogP contribution in [0.15, 0.2) is 30.6 Å². The van der Waals surface area contributed by atoms with Gasteiger partial charge in [-0.15, -0.1) is 0 Å². The summed E-state index contributed by atoms with van der Waals surface area (Å²) >= 11 is 0. The van der Waals surface area contributed by atoms with Crippen LogP contribution in [-0.2, 0) is 21.3 Å². The van der Waals surface area contributed by atoms with Gasteiger partial charge >= 0.3 is 21.6 Å². The second-order valence-electron chi connectivity index (χ2n) is 7.98. The van der Waals surface area contributed by atoms with Gasteiger partial charge in [0.25, 0.3) is 0 Å². The number of alkyl halides is 3. The van der Waals surface area contributed by atoms with Crippen molar-refractivity contribution in [1.82, 2.24) is 19.0 Å². The van der Waals surface area contributed by atoms with E-state index < -0.39 is 27.2 Å². The number of hydrogen-bond acceptors (Lipinski definition) is 5. The Kier molecular flexibility index (Phi) is 7.93. The maximum Gasteiger partial charge on any atom is 0.511 e. The lowest BCUT2D eigenvalue weighted by atomic mass is 10.2. The number of amides is 1. The normalized spacial score (nSPS) is 12.8. The van der Waals surface area contributed by atoms with E-state index in [0.717, 1.165) is 11.3 Å². The van der Waals surface area contributed by atoms with Crippen LogP contribution in [0.4, 0.5) is 18.0 Å². The quantitative estimate of drug-likeness (QED) is 0.572. The first kappa shape index (κ1) is 24.9. The summed E-state index contributed by atoms with van der Waals surface area (Å²) in [5.41, 5.74) is -4.46. The van der Waals surface area contributed by atoms with Crippen molar-refractivity contribution in [2.24, 2.45) is 0 Å². The molecule has 0 aromatic carbocycles. The second-order valence-corrected chi connectivity index (χ2v) is 9.74. The Hall–Kier alpha value is -2.34. The molecule has 0 radical (unpaired) electrons. The van der Waals surface area contributed by atoms with Gasteiger partial charge in [-0.2, -0.15) is 13.2 Å². The van der Waals surface area contributed by atoms with Crippen molar-refractivity contribution in [3.05, 3.63) is 36.3 Å². The maximum atomic E-state index is 12.7. The molecule has 0 saturated heterocycles. The number of halogens is 3. The van der Waals surface area contributed by atoms with Gasteiger partial charge < -0.3 is 14.0 Å². The number of unbranched alkanes of at least 4 members (excludes halogenated alkanes) is 2. The molecule has 0 atom stereocenters. The minimum absolute atomic E-state index is 0.203. The number of fused-ring (bicyclic) bond motifs is 1. The zero-order valence-electron chi connectivity index (χ0n) is 17.6. The van der Waals surface area contributed by atoms with E-state index in [-0.39, 0.29) is 19.5 Å². The molecule has 0 aliphatic carbocycles. The predicted octanol–water partition coefficient (Wildman–Crippen LogP) is 3.68. The number of hydrogen-bond donors (Lipinski definition) is 1. The molecule has 2 heterocycles. The summed E-state index contributed by atoms with van der Waals surface area (Å²) in [5, 5.41) is 0. The standard InChI is InChI=1S/C19H27F3N4O4S/c1-18(2,3)30-17(27)25(14-15-8-7-9-16-23-11-13-26(15)16)12-6-4-5-10-24-31(28,29)19(20,21)22/h7-9,11,13,24H,4-6,10,12,14H2,1-3H3. The summed E-state index contributed by atoms with van der Waals surface area (Å²) in [6.07, 6.45) is 4.02. The van der Waals surface area contributed by atoms with Gasteiger partial charge in [0.15, 0.2) is 0 Å². The molecule has 1 N–H and O–H groups in total. The number of aromatic nitrogens is 2. The molecule has 174 valence electrons. The van der Waals surface area contributed by atoms with E-state index in [1.807, 2.05) is 22.6 Å². The minimum Gasteiger partial charge on any atom is -0.444 e. The fraction of sp³-hybridized carbons (Fsp3) is 0.579. The average molecular weight is 465 g/mol. The molecule has 0 saturated carbocycles. The van der Waals surface area contributed by atoms with Gasteiger partial charge in [0, 0.05) is 31.2 Å². The molecule has 2 aromatic heterocycles. The summed E-state index contributed by atoms with van der Waals surface area (Å²) in [5.74, 6) is 0. The fourth-order valence-corrected chi connectivity index (χ4v) is 3.36.